The fourth-order valence-electron chi connectivity index (χ4n) is 3.77. The average Bonchev–Trinajstić information content (AvgIpc) is 3.30. The van der Waals surface area contributed by atoms with Crippen LogP contribution < -0.4 is 16.0 Å². The molecule has 0 aliphatic carbocycles. The molecule has 3 aromatic rings. The van der Waals surface area contributed by atoms with Gasteiger partial charge in [-0.05, 0) is 30.5 Å². The van der Waals surface area contributed by atoms with Crippen LogP contribution >= 0.6 is 0 Å². The highest BCUT2D eigenvalue weighted by Gasteiger charge is 2.36. The number of carbonyl (C=O) groups excluding carboxylic acids is 1. The van der Waals surface area contributed by atoms with E-state index < -0.39 is 23.1 Å². The van der Waals surface area contributed by atoms with Gasteiger partial charge >= 0.3 is 0 Å². The molecule has 1 fully saturated rings. The number of amides is 1. The molecule has 4 N–H and O–H groups in total. The van der Waals surface area contributed by atoms with Crippen molar-refractivity contribution in [2.45, 2.75) is 25.3 Å². The smallest absolute Gasteiger partial charge is 0.254 e. The van der Waals surface area contributed by atoms with E-state index in [1.54, 1.807) is 0 Å². The molecule has 1 amide bonds. The molecular weight excluding hydrogens is 378 g/mol. The fraction of sp³-hybridized carbons (Fsp3) is 0.350. The molecule has 152 valence electrons. The van der Waals surface area contributed by atoms with Crippen LogP contribution in [0.5, 0.6) is 0 Å². The number of fused-ring (bicyclic) bond motifs is 1. The second-order valence-electron chi connectivity index (χ2n) is 7.43. The van der Waals surface area contributed by atoms with Crippen LogP contribution in [0, 0.1) is 11.6 Å². The molecule has 0 spiro atoms. The minimum atomic E-state index is -0.899. The van der Waals surface area contributed by atoms with Crippen LogP contribution in [0.2, 0.25) is 0 Å². The fourth-order valence-corrected chi connectivity index (χ4v) is 3.77. The third-order valence-corrected chi connectivity index (χ3v) is 5.37. The molecule has 3 heterocycles. The SMILES string of the molecule is CCc1c[nH]c2ncnc(N3CCC(N)(CNC(=O)c4ccc(F)cc4F)C3)c12. The first-order chi connectivity index (χ1) is 13.9. The summed E-state index contributed by atoms with van der Waals surface area (Å²) in [5.74, 6) is -1.43. The summed E-state index contributed by atoms with van der Waals surface area (Å²) >= 11 is 0. The summed E-state index contributed by atoms with van der Waals surface area (Å²) in [5, 5.41) is 3.66. The maximum Gasteiger partial charge on any atom is 0.254 e. The number of nitrogens with zero attached hydrogens (tertiary/aromatic N) is 3. The van der Waals surface area contributed by atoms with E-state index in [1.165, 1.54) is 6.33 Å². The lowest BCUT2D eigenvalue weighted by Gasteiger charge is -2.25. The van der Waals surface area contributed by atoms with Gasteiger partial charge in [0.15, 0.2) is 0 Å². The number of nitrogens with one attached hydrogen (secondary N) is 2. The first kappa shape index (κ1) is 19.3. The van der Waals surface area contributed by atoms with Crippen LogP contribution in [0.4, 0.5) is 14.6 Å². The van der Waals surface area contributed by atoms with Gasteiger partial charge in [-0.25, -0.2) is 18.7 Å². The second kappa shape index (κ2) is 7.40. The van der Waals surface area contributed by atoms with E-state index in [2.05, 4.69) is 32.1 Å². The monoisotopic (exact) mass is 400 g/mol. The van der Waals surface area contributed by atoms with Gasteiger partial charge in [0, 0.05) is 31.9 Å². The highest BCUT2D eigenvalue weighted by molar-refractivity contribution is 5.94. The molecule has 7 nitrogen and oxygen atoms in total. The first-order valence-corrected chi connectivity index (χ1v) is 9.48. The zero-order valence-electron chi connectivity index (χ0n) is 16.0. The van der Waals surface area contributed by atoms with Crippen LogP contribution in [-0.4, -0.2) is 46.0 Å². The number of H-pyrrole nitrogens is 1. The number of anilines is 1. The van der Waals surface area contributed by atoms with E-state index in [-0.39, 0.29) is 12.1 Å². The number of halogens is 2. The number of rotatable bonds is 5. The normalized spacial score (nSPS) is 19.1. The van der Waals surface area contributed by atoms with Crippen LogP contribution in [0.15, 0.2) is 30.7 Å². The van der Waals surface area contributed by atoms with Crippen molar-refractivity contribution in [3.05, 3.63) is 53.5 Å². The Morgan fingerprint density at radius 3 is 2.97 bits per heavy atom. The standard InChI is InChI=1S/C20H22F2N6O/c1-2-12-8-24-17-16(12)18(27-11-26-17)28-6-5-20(23,10-28)9-25-19(29)14-4-3-13(21)7-15(14)22/h3-4,7-8,11H,2,5-6,9-10,23H2,1H3,(H,25,29)(H,24,26,27). The first-order valence-electron chi connectivity index (χ1n) is 9.48. The molecule has 1 aliphatic rings. The Hall–Kier alpha value is -3.07. The van der Waals surface area contributed by atoms with Crippen molar-refractivity contribution in [3.8, 4) is 0 Å². The Morgan fingerprint density at radius 1 is 1.38 bits per heavy atom. The van der Waals surface area contributed by atoms with Gasteiger partial charge in [0.05, 0.1) is 16.5 Å². The van der Waals surface area contributed by atoms with Crippen molar-refractivity contribution >= 4 is 22.8 Å². The summed E-state index contributed by atoms with van der Waals surface area (Å²) in [4.78, 5) is 26.3. The Bertz CT molecular complexity index is 1070. The average molecular weight is 400 g/mol. The predicted molar refractivity (Wildman–Crippen MR) is 106 cm³/mol. The molecule has 0 radical (unpaired) electrons. The zero-order valence-corrected chi connectivity index (χ0v) is 16.0. The molecule has 9 heteroatoms. The summed E-state index contributed by atoms with van der Waals surface area (Å²) in [5.41, 5.74) is 7.52. The van der Waals surface area contributed by atoms with E-state index in [0.717, 1.165) is 41.0 Å². The summed E-state index contributed by atoms with van der Waals surface area (Å²) in [7, 11) is 0. The number of benzene rings is 1. The highest BCUT2D eigenvalue weighted by atomic mass is 19.1. The summed E-state index contributed by atoms with van der Waals surface area (Å²) in [6.45, 7) is 3.40. The lowest BCUT2D eigenvalue weighted by Crippen LogP contribution is -2.52. The number of carbonyl (C=O) groups is 1. The molecule has 0 bridgehead atoms. The topological polar surface area (TPSA) is 99.9 Å². The Kier molecular flexibility index (Phi) is 4.91. The third kappa shape index (κ3) is 3.65. The lowest BCUT2D eigenvalue weighted by atomic mass is 10.00. The van der Waals surface area contributed by atoms with Crippen molar-refractivity contribution in [3.63, 3.8) is 0 Å². The third-order valence-electron chi connectivity index (χ3n) is 5.37. The Balaban J connectivity index is 1.48. The van der Waals surface area contributed by atoms with Crippen molar-refractivity contribution in [1.29, 1.82) is 0 Å². The molecule has 1 aliphatic heterocycles. The number of nitrogens with two attached hydrogens (primary N) is 1. The van der Waals surface area contributed by atoms with Gasteiger partial charge in [0.25, 0.3) is 5.91 Å². The number of hydrogen-bond donors (Lipinski definition) is 3. The van der Waals surface area contributed by atoms with E-state index >= 15 is 0 Å². The Labute approximate surface area is 166 Å². The van der Waals surface area contributed by atoms with E-state index in [4.69, 9.17) is 5.73 Å². The predicted octanol–water partition coefficient (Wildman–Crippen LogP) is 2.14. The number of aromatic amines is 1. The minimum absolute atomic E-state index is 0.168. The van der Waals surface area contributed by atoms with Crippen molar-refractivity contribution in [2.75, 3.05) is 24.5 Å². The number of aryl methyl sites for hydroxylation is 1. The summed E-state index contributed by atoms with van der Waals surface area (Å²) < 4.78 is 26.9. The van der Waals surface area contributed by atoms with Gasteiger partial charge in [-0.2, -0.15) is 0 Å². The quantitative estimate of drug-likeness (QED) is 0.609. The molecule has 1 unspecified atom stereocenters. The maximum atomic E-state index is 13.8. The van der Waals surface area contributed by atoms with Crippen molar-refractivity contribution in [2.24, 2.45) is 5.73 Å². The van der Waals surface area contributed by atoms with Gasteiger partial charge in [-0.1, -0.05) is 6.92 Å². The molecule has 4 rings (SSSR count). The molecule has 1 aromatic carbocycles. The van der Waals surface area contributed by atoms with Crippen molar-refractivity contribution in [1.82, 2.24) is 20.3 Å². The molecule has 29 heavy (non-hydrogen) atoms. The molecule has 0 saturated carbocycles. The van der Waals surface area contributed by atoms with E-state index in [9.17, 15) is 13.6 Å². The highest BCUT2D eigenvalue weighted by Crippen LogP contribution is 2.31. The van der Waals surface area contributed by atoms with E-state index in [1.807, 2.05) is 6.20 Å². The summed E-state index contributed by atoms with van der Waals surface area (Å²) in [6, 6.07) is 2.86. The molecule has 2 aromatic heterocycles. The van der Waals surface area contributed by atoms with Gasteiger partial charge in [-0.15, -0.1) is 0 Å². The summed E-state index contributed by atoms with van der Waals surface area (Å²) in [6.07, 6.45) is 4.94. The Morgan fingerprint density at radius 2 is 2.21 bits per heavy atom. The van der Waals surface area contributed by atoms with Gasteiger partial charge < -0.3 is 20.9 Å². The maximum absolute atomic E-state index is 13.8. The zero-order chi connectivity index (χ0) is 20.6. The van der Waals surface area contributed by atoms with Crippen LogP contribution in [0.3, 0.4) is 0 Å². The van der Waals surface area contributed by atoms with E-state index in [0.29, 0.717) is 25.6 Å². The minimum Gasteiger partial charge on any atom is -0.354 e. The van der Waals surface area contributed by atoms with Gasteiger partial charge in [0.1, 0.15) is 29.4 Å². The van der Waals surface area contributed by atoms with Crippen LogP contribution in [-0.2, 0) is 6.42 Å². The second-order valence-corrected chi connectivity index (χ2v) is 7.43. The number of hydrogen-bond acceptors (Lipinski definition) is 5. The van der Waals surface area contributed by atoms with Crippen LogP contribution in [0.1, 0.15) is 29.3 Å². The van der Waals surface area contributed by atoms with Crippen molar-refractivity contribution < 1.29 is 13.6 Å². The van der Waals surface area contributed by atoms with Crippen LogP contribution in [0.25, 0.3) is 11.0 Å². The molecular formula is C20H22F2N6O. The van der Waals surface area contributed by atoms with Gasteiger partial charge in [0.2, 0.25) is 0 Å². The molecule has 1 saturated heterocycles. The molecule has 1 atom stereocenters. The lowest BCUT2D eigenvalue weighted by molar-refractivity contribution is 0.0941. The largest absolute Gasteiger partial charge is 0.354 e. The van der Waals surface area contributed by atoms with Gasteiger partial charge in [-0.3, -0.25) is 4.79 Å². The number of aromatic nitrogens is 3.